The van der Waals surface area contributed by atoms with Crippen molar-refractivity contribution in [2.45, 2.75) is 31.6 Å². The van der Waals surface area contributed by atoms with Crippen LogP contribution in [-0.4, -0.2) is 23.0 Å². The van der Waals surface area contributed by atoms with E-state index in [2.05, 4.69) is 22.4 Å². The SMILES string of the molecule is COc1ccc2[nH]cc([C@@H]3CCC/C(=N/O)C3)c2c1. The summed E-state index contributed by atoms with van der Waals surface area (Å²) in [6.45, 7) is 0. The fourth-order valence-electron chi connectivity index (χ4n) is 2.98. The Bertz CT molecular complexity index is 616. The zero-order valence-corrected chi connectivity index (χ0v) is 11.0. The lowest BCUT2D eigenvalue weighted by atomic mass is 9.83. The topological polar surface area (TPSA) is 57.6 Å². The van der Waals surface area contributed by atoms with Crippen molar-refractivity contribution in [3.8, 4) is 5.75 Å². The zero-order chi connectivity index (χ0) is 13.2. The van der Waals surface area contributed by atoms with Crippen molar-refractivity contribution in [1.29, 1.82) is 0 Å². The number of nitrogens with zero attached hydrogens (tertiary/aromatic N) is 1. The van der Waals surface area contributed by atoms with Crippen molar-refractivity contribution in [2.75, 3.05) is 7.11 Å². The Labute approximate surface area is 112 Å². The number of aromatic amines is 1. The quantitative estimate of drug-likeness (QED) is 0.638. The van der Waals surface area contributed by atoms with Crippen LogP contribution in [-0.2, 0) is 0 Å². The van der Waals surface area contributed by atoms with Crippen LogP contribution < -0.4 is 4.74 Å². The van der Waals surface area contributed by atoms with Gasteiger partial charge in [0.25, 0.3) is 0 Å². The van der Waals surface area contributed by atoms with Crippen LogP contribution in [0.2, 0.25) is 0 Å². The molecular formula is C15H18N2O2. The third-order valence-corrected chi connectivity index (χ3v) is 4.00. The van der Waals surface area contributed by atoms with Gasteiger partial charge in [0.1, 0.15) is 5.75 Å². The minimum Gasteiger partial charge on any atom is -0.497 e. The predicted molar refractivity (Wildman–Crippen MR) is 75.3 cm³/mol. The number of hydrogen-bond donors (Lipinski definition) is 2. The Kier molecular flexibility index (Phi) is 3.15. The number of methoxy groups -OCH3 is 1. The minimum atomic E-state index is 0.431. The fraction of sp³-hybridized carbons (Fsp3) is 0.400. The summed E-state index contributed by atoms with van der Waals surface area (Å²) in [5, 5.41) is 13.6. The van der Waals surface area contributed by atoms with Gasteiger partial charge in [0.2, 0.25) is 0 Å². The average Bonchev–Trinajstić information content (AvgIpc) is 2.90. The summed E-state index contributed by atoms with van der Waals surface area (Å²) < 4.78 is 5.30. The molecule has 100 valence electrons. The van der Waals surface area contributed by atoms with Crippen molar-refractivity contribution in [1.82, 2.24) is 4.98 Å². The van der Waals surface area contributed by atoms with Gasteiger partial charge in [0.15, 0.2) is 0 Å². The molecule has 2 N–H and O–H groups in total. The molecule has 2 aromatic rings. The molecule has 1 saturated carbocycles. The van der Waals surface area contributed by atoms with E-state index in [1.807, 2.05) is 12.1 Å². The molecule has 0 bridgehead atoms. The molecule has 0 radical (unpaired) electrons. The Balaban J connectivity index is 1.99. The molecule has 4 nitrogen and oxygen atoms in total. The number of hydrogen-bond acceptors (Lipinski definition) is 3. The van der Waals surface area contributed by atoms with Crippen LogP contribution in [0.5, 0.6) is 5.75 Å². The van der Waals surface area contributed by atoms with Gasteiger partial charge in [-0.25, -0.2) is 0 Å². The fourth-order valence-corrected chi connectivity index (χ4v) is 2.98. The third kappa shape index (κ3) is 2.18. The van der Waals surface area contributed by atoms with Crippen molar-refractivity contribution in [2.24, 2.45) is 5.16 Å². The molecule has 1 aliphatic rings. The van der Waals surface area contributed by atoms with Crippen molar-refractivity contribution in [3.05, 3.63) is 30.0 Å². The van der Waals surface area contributed by atoms with Crippen LogP contribution in [0.15, 0.2) is 29.6 Å². The second-order valence-corrected chi connectivity index (χ2v) is 5.12. The van der Waals surface area contributed by atoms with E-state index < -0.39 is 0 Å². The average molecular weight is 258 g/mol. The van der Waals surface area contributed by atoms with Gasteiger partial charge in [-0.1, -0.05) is 5.16 Å². The Hall–Kier alpha value is -1.97. The monoisotopic (exact) mass is 258 g/mol. The molecule has 1 fully saturated rings. The van der Waals surface area contributed by atoms with E-state index in [4.69, 9.17) is 9.94 Å². The summed E-state index contributed by atoms with van der Waals surface area (Å²) in [4.78, 5) is 3.31. The van der Waals surface area contributed by atoms with E-state index in [1.54, 1.807) is 7.11 Å². The van der Waals surface area contributed by atoms with E-state index in [1.165, 1.54) is 10.9 Å². The molecular weight excluding hydrogens is 240 g/mol. The van der Waals surface area contributed by atoms with Crippen LogP contribution in [0.4, 0.5) is 0 Å². The molecule has 0 unspecified atom stereocenters. The Morgan fingerprint density at radius 2 is 2.32 bits per heavy atom. The number of ether oxygens (including phenoxy) is 1. The van der Waals surface area contributed by atoms with Crippen LogP contribution in [0.1, 0.15) is 37.2 Å². The molecule has 3 rings (SSSR count). The van der Waals surface area contributed by atoms with Crippen molar-refractivity contribution >= 4 is 16.6 Å². The number of H-pyrrole nitrogens is 1. The van der Waals surface area contributed by atoms with Gasteiger partial charge in [-0.15, -0.1) is 0 Å². The normalized spacial score (nSPS) is 21.9. The van der Waals surface area contributed by atoms with E-state index in [0.29, 0.717) is 5.92 Å². The lowest BCUT2D eigenvalue weighted by molar-refractivity contribution is 0.313. The number of oxime groups is 1. The highest BCUT2D eigenvalue weighted by atomic mass is 16.5. The number of aromatic nitrogens is 1. The second-order valence-electron chi connectivity index (χ2n) is 5.12. The first-order chi connectivity index (χ1) is 9.31. The number of benzene rings is 1. The molecule has 1 aromatic heterocycles. The molecule has 1 atom stereocenters. The summed E-state index contributed by atoms with van der Waals surface area (Å²) in [6.07, 6.45) is 6.07. The summed E-state index contributed by atoms with van der Waals surface area (Å²) in [5.41, 5.74) is 3.34. The zero-order valence-electron chi connectivity index (χ0n) is 11.0. The highest BCUT2D eigenvalue weighted by Crippen LogP contribution is 2.36. The molecule has 19 heavy (non-hydrogen) atoms. The standard InChI is InChI=1S/C15H18N2O2/c1-19-12-5-6-15-13(8-12)14(9-16-15)10-3-2-4-11(7-10)17-18/h5-6,8-10,16,18H,2-4,7H2,1H3/b17-11-/t10-/m1/s1. The van der Waals surface area contributed by atoms with Gasteiger partial charge in [-0.3, -0.25) is 0 Å². The molecule has 0 amide bonds. The third-order valence-electron chi connectivity index (χ3n) is 4.00. The van der Waals surface area contributed by atoms with E-state index in [0.717, 1.165) is 42.7 Å². The van der Waals surface area contributed by atoms with Crippen molar-refractivity contribution < 1.29 is 9.94 Å². The van der Waals surface area contributed by atoms with Gasteiger partial charge in [-0.05, 0) is 55.4 Å². The summed E-state index contributed by atoms with van der Waals surface area (Å²) in [5.74, 6) is 1.31. The first-order valence-corrected chi connectivity index (χ1v) is 6.66. The van der Waals surface area contributed by atoms with Gasteiger partial charge in [0, 0.05) is 17.1 Å². The molecule has 0 spiro atoms. The van der Waals surface area contributed by atoms with Gasteiger partial charge in [-0.2, -0.15) is 0 Å². The lowest BCUT2D eigenvalue weighted by Gasteiger charge is -2.22. The highest BCUT2D eigenvalue weighted by molar-refractivity contribution is 5.89. The summed E-state index contributed by atoms with van der Waals surface area (Å²) in [6, 6.07) is 6.08. The van der Waals surface area contributed by atoms with E-state index in [-0.39, 0.29) is 0 Å². The van der Waals surface area contributed by atoms with Gasteiger partial charge < -0.3 is 14.9 Å². The predicted octanol–water partition coefficient (Wildman–Crippen LogP) is 3.66. The number of nitrogens with one attached hydrogen (secondary N) is 1. The summed E-state index contributed by atoms with van der Waals surface area (Å²) in [7, 11) is 1.69. The van der Waals surface area contributed by atoms with Crippen LogP contribution >= 0.6 is 0 Å². The molecule has 1 aromatic carbocycles. The number of rotatable bonds is 2. The smallest absolute Gasteiger partial charge is 0.119 e. The minimum absolute atomic E-state index is 0.431. The first-order valence-electron chi connectivity index (χ1n) is 6.66. The Morgan fingerprint density at radius 1 is 1.42 bits per heavy atom. The Morgan fingerprint density at radius 3 is 3.11 bits per heavy atom. The summed E-state index contributed by atoms with van der Waals surface area (Å²) >= 11 is 0. The van der Waals surface area contributed by atoms with Gasteiger partial charge >= 0.3 is 0 Å². The molecule has 0 saturated heterocycles. The van der Waals surface area contributed by atoms with E-state index >= 15 is 0 Å². The second kappa shape index (κ2) is 4.96. The van der Waals surface area contributed by atoms with Crippen molar-refractivity contribution in [3.63, 3.8) is 0 Å². The lowest BCUT2D eigenvalue weighted by Crippen LogP contribution is -2.13. The van der Waals surface area contributed by atoms with Gasteiger partial charge in [0.05, 0.1) is 12.8 Å². The highest BCUT2D eigenvalue weighted by Gasteiger charge is 2.22. The van der Waals surface area contributed by atoms with Crippen LogP contribution in [0.3, 0.4) is 0 Å². The van der Waals surface area contributed by atoms with Crippen LogP contribution in [0, 0.1) is 0 Å². The van der Waals surface area contributed by atoms with E-state index in [9.17, 15) is 0 Å². The number of fused-ring (bicyclic) bond motifs is 1. The maximum absolute atomic E-state index is 8.96. The maximum Gasteiger partial charge on any atom is 0.119 e. The maximum atomic E-state index is 8.96. The molecule has 1 aliphatic carbocycles. The molecule has 4 heteroatoms. The van der Waals surface area contributed by atoms with Crippen LogP contribution in [0.25, 0.3) is 10.9 Å². The molecule has 0 aliphatic heterocycles. The molecule has 1 heterocycles. The largest absolute Gasteiger partial charge is 0.497 e. The first kappa shape index (κ1) is 12.1.